The van der Waals surface area contributed by atoms with E-state index in [2.05, 4.69) is 4.98 Å². The Morgan fingerprint density at radius 2 is 2.14 bits per heavy atom. The molecular formula is C9H12ClF2NO. The number of halogens is 3. The van der Waals surface area contributed by atoms with Crippen LogP contribution in [0.2, 0.25) is 0 Å². The molecule has 80 valence electrons. The van der Waals surface area contributed by atoms with Gasteiger partial charge in [-0.1, -0.05) is 0 Å². The Hall–Kier alpha value is -0.640. The van der Waals surface area contributed by atoms with Gasteiger partial charge in [-0.15, -0.1) is 11.6 Å². The van der Waals surface area contributed by atoms with Gasteiger partial charge in [-0.25, -0.2) is 13.8 Å². The molecule has 1 atom stereocenters. The second-order valence-electron chi connectivity index (χ2n) is 3.37. The van der Waals surface area contributed by atoms with Gasteiger partial charge >= 0.3 is 0 Å². The first kappa shape index (κ1) is 11.4. The number of aryl methyl sites for hydroxylation is 1. The molecule has 0 aliphatic rings. The van der Waals surface area contributed by atoms with E-state index in [0.717, 1.165) is 6.92 Å². The minimum absolute atomic E-state index is 0.0469. The lowest BCUT2D eigenvalue weighted by molar-refractivity contribution is -0.0101. The van der Waals surface area contributed by atoms with E-state index in [-0.39, 0.29) is 11.8 Å². The van der Waals surface area contributed by atoms with Crippen molar-refractivity contribution >= 4 is 11.6 Å². The second kappa shape index (κ2) is 3.85. The normalized spacial score (nSPS) is 14.4. The molecule has 0 aliphatic carbocycles. The summed E-state index contributed by atoms with van der Waals surface area (Å²) in [6, 6.07) is 0. The van der Waals surface area contributed by atoms with Gasteiger partial charge in [0.1, 0.15) is 5.76 Å². The van der Waals surface area contributed by atoms with Crippen LogP contribution in [0.25, 0.3) is 0 Å². The van der Waals surface area contributed by atoms with Crippen molar-refractivity contribution in [3.63, 3.8) is 0 Å². The molecule has 2 nitrogen and oxygen atoms in total. The van der Waals surface area contributed by atoms with E-state index in [1.54, 1.807) is 6.92 Å². The van der Waals surface area contributed by atoms with Gasteiger partial charge in [0, 0.05) is 6.92 Å². The third-order valence-electron chi connectivity index (χ3n) is 2.16. The molecule has 1 aromatic rings. The maximum absolute atomic E-state index is 12.9. The zero-order valence-electron chi connectivity index (χ0n) is 8.27. The van der Waals surface area contributed by atoms with E-state index in [0.29, 0.717) is 11.5 Å². The minimum Gasteiger partial charge on any atom is -0.444 e. The van der Waals surface area contributed by atoms with Crippen molar-refractivity contribution in [3.8, 4) is 0 Å². The molecule has 1 heterocycles. The van der Waals surface area contributed by atoms with Crippen molar-refractivity contribution in [2.45, 2.75) is 38.5 Å². The molecule has 0 saturated heterocycles. The first-order valence-corrected chi connectivity index (χ1v) is 4.79. The Kier molecular flexibility index (Phi) is 3.14. The molecule has 5 heteroatoms. The van der Waals surface area contributed by atoms with Crippen molar-refractivity contribution in [3.05, 3.63) is 17.3 Å². The summed E-state index contributed by atoms with van der Waals surface area (Å²) in [5.41, 5.74) is 0.575. The topological polar surface area (TPSA) is 26.0 Å². The van der Waals surface area contributed by atoms with Crippen LogP contribution >= 0.6 is 11.6 Å². The molecular weight excluding hydrogens is 212 g/mol. The maximum atomic E-state index is 12.9. The molecule has 0 radical (unpaired) electrons. The van der Waals surface area contributed by atoms with Crippen molar-refractivity contribution in [1.82, 2.24) is 4.98 Å². The molecule has 0 aromatic carbocycles. The Bertz CT molecular complexity index is 319. The predicted molar refractivity (Wildman–Crippen MR) is 49.8 cm³/mol. The average molecular weight is 224 g/mol. The lowest BCUT2D eigenvalue weighted by Gasteiger charge is -2.15. The number of hydrogen-bond acceptors (Lipinski definition) is 2. The van der Waals surface area contributed by atoms with Crippen molar-refractivity contribution in [2.75, 3.05) is 0 Å². The summed E-state index contributed by atoms with van der Waals surface area (Å²) in [5, 5.41) is 0. The molecule has 0 amide bonds. The smallest absolute Gasteiger partial charge is 0.256 e. The molecule has 0 aliphatic heterocycles. The summed E-state index contributed by atoms with van der Waals surface area (Å²) >= 11 is 5.54. The van der Waals surface area contributed by atoms with E-state index >= 15 is 0 Å². The van der Waals surface area contributed by atoms with Gasteiger partial charge in [0.15, 0.2) is 0 Å². The zero-order chi connectivity index (χ0) is 10.9. The lowest BCUT2D eigenvalue weighted by atomic mass is 10.1. The SMILES string of the molecule is Cc1nc(C(C)C(C)(F)F)oc1CCl. The van der Waals surface area contributed by atoms with Crippen LogP contribution in [-0.4, -0.2) is 10.9 Å². The summed E-state index contributed by atoms with van der Waals surface area (Å²) in [6.45, 7) is 3.91. The summed E-state index contributed by atoms with van der Waals surface area (Å²) in [6.07, 6.45) is 0. The summed E-state index contributed by atoms with van der Waals surface area (Å²) in [7, 11) is 0. The fourth-order valence-electron chi connectivity index (χ4n) is 0.977. The highest BCUT2D eigenvalue weighted by Gasteiger charge is 2.35. The van der Waals surface area contributed by atoms with Crippen LogP contribution in [0.1, 0.15) is 37.1 Å². The molecule has 1 unspecified atom stereocenters. The summed E-state index contributed by atoms with van der Waals surface area (Å²) in [5.74, 6) is -3.21. The molecule has 0 N–H and O–H groups in total. The van der Waals surface area contributed by atoms with E-state index in [4.69, 9.17) is 16.0 Å². The number of rotatable bonds is 3. The molecule has 0 spiro atoms. The first-order valence-electron chi connectivity index (χ1n) is 4.26. The molecule has 14 heavy (non-hydrogen) atoms. The van der Waals surface area contributed by atoms with Crippen molar-refractivity contribution < 1.29 is 13.2 Å². The number of oxazole rings is 1. The highest BCUT2D eigenvalue weighted by molar-refractivity contribution is 6.16. The van der Waals surface area contributed by atoms with Crippen LogP contribution in [-0.2, 0) is 5.88 Å². The monoisotopic (exact) mass is 223 g/mol. The fraction of sp³-hybridized carbons (Fsp3) is 0.667. The van der Waals surface area contributed by atoms with Crippen LogP contribution < -0.4 is 0 Å². The highest BCUT2D eigenvalue weighted by atomic mass is 35.5. The summed E-state index contributed by atoms with van der Waals surface area (Å²) in [4.78, 5) is 3.92. The predicted octanol–water partition coefficient (Wildman–Crippen LogP) is 3.48. The van der Waals surface area contributed by atoms with E-state index in [1.807, 2.05) is 0 Å². The number of hydrogen-bond donors (Lipinski definition) is 0. The van der Waals surface area contributed by atoms with Crippen molar-refractivity contribution in [2.24, 2.45) is 0 Å². The van der Waals surface area contributed by atoms with Gasteiger partial charge < -0.3 is 4.42 Å². The Balaban J connectivity index is 2.97. The molecule has 0 saturated carbocycles. The number of nitrogens with zero attached hydrogens (tertiary/aromatic N) is 1. The van der Waals surface area contributed by atoms with Crippen LogP contribution in [0.3, 0.4) is 0 Å². The molecule has 0 fully saturated rings. The average Bonchev–Trinajstić information content (AvgIpc) is 2.43. The van der Waals surface area contributed by atoms with Gasteiger partial charge in [-0.05, 0) is 13.8 Å². The Morgan fingerprint density at radius 3 is 2.50 bits per heavy atom. The first-order chi connectivity index (χ1) is 6.36. The highest BCUT2D eigenvalue weighted by Crippen LogP contribution is 2.32. The van der Waals surface area contributed by atoms with Crippen LogP contribution in [0.5, 0.6) is 0 Å². The van der Waals surface area contributed by atoms with E-state index in [9.17, 15) is 8.78 Å². The second-order valence-corrected chi connectivity index (χ2v) is 3.64. The Morgan fingerprint density at radius 1 is 1.57 bits per heavy atom. The lowest BCUT2D eigenvalue weighted by Crippen LogP contribution is -2.19. The largest absolute Gasteiger partial charge is 0.444 e. The number of alkyl halides is 3. The zero-order valence-corrected chi connectivity index (χ0v) is 9.03. The third-order valence-corrected chi connectivity index (χ3v) is 2.40. The van der Waals surface area contributed by atoms with Crippen molar-refractivity contribution in [1.29, 1.82) is 0 Å². The van der Waals surface area contributed by atoms with Crippen LogP contribution in [0, 0.1) is 6.92 Å². The summed E-state index contributed by atoms with van der Waals surface area (Å²) < 4.78 is 31.0. The van der Waals surface area contributed by atoms with E-state index in [1.165, 1.54) is 6.92 Å². The fourth-order valence-corrected chi connectivity index (χ4v) is 1.22. The van der Waals surface area contributed by atoms with Crippen LogP contribution in [0.15, 0.2) is 4.42 Å². The number of aromatic nitrogens is 1. The van der Waals surface area contributed by atoms with Gasteiger partial charge in [0.2, 0.25) is 5.89 Å². The Labute approximate surface area is 86.3 Å². The maximum Gasteiger partial charge on any atom is 0.256 e. The van der Waals surface area contributed by atoms with Gasteiger partial charge in [0.25, 0.3) is 5.92 Å². The van der Waals surface area contributed by atoms with Crippen LogP contribution in [0.4, 0.5) is 8.78 Å². The van der Waals surface area contributed by atoms with Gasteiger partial charge in [-0.2, -0.15) is 0 Å². The molecule has 0 bridgehead atoms. The molecule has 1 rings (SSSR count). The minimum atomic E-state index is -2.83. The molecule has 1 aromatic heterocycles. The quantitative estimate of drug-likeness (QED) is 0.734. The standard InChI is InChI=1S/C9H12ClF2NO/c1-5(9(3,11)12)8-13-6(2)7(4-10)14-8/h5H,4H2,1-3H3. The van der Waals surface area contributed by atoms with E-state index < -0.39 is 11.8 Å². The van der Waals surface area contributed by atoms with Gasteiger partial charge in [-0.3, -0.25) is 0 Å². The third kappa shape index (κ3) is 2.23. The van der Waals surface area contributed by atoms with Gasteiger partial charge in [0.05, 0.1) is 17.5 Å².